The zero-order chi connectivity index (χ0) is 12.1. The monoisotopic (exact) mass is 233 g/mol. The molecule has 0 heterocycles. The highest BCUT2D eigenvalue weighted by atomic mass is 16.3. The second kappa shape index (κ2) is 6.06. The molecule has 1 aliphatic carbocycles. The van der Waals surface area contributed by atoms with E-state index in [0.717, 1.165) is 12.5 Å². The molecule has 0 radical (unpaired) electrons. The summed E-state index contributed by atoms with van der Waals surface area (Å²) in [6.45, 7) is 2.28. The van der Waals surface area contributed by atoms with E-state index in [1.54, 1.807) is 12.1 Å². The van der Waals surface area contributed by atoms with E-state index in [4.69, 9.17) is 0 Å². The molecule has 1 saturated carbocycles. The standard InChI is InChI=1S/C15H23NO/c1-12(16-14-4-2-3-5-14)6-7-13-8-10-15(17)11-9-13/h8-12,14,16-17H,2-7H2,1H3/t12-/m0/s1. The summed E-state index contributed by atoms with van der Waals surface area (Å²) in [5.74, 6) is 0.353. The number of rotatable bonds is 5. The number of hydrogen-bond acceptors (Lipinski definition) is 2. The molecule has 17 heavy (non-hydrogen) atoms. The van der Waals surface area contributed by atoms with Crippen LogP contribution in [0, 0.1) is 0 Å². The Morgan fingerprint density at radius 2 is 1.88 bits per heavy atom. The maximum absolute atomic E-state index is 9.21. The molecule has 0 spiro atoms. The van der Waals surface area contributed by atoms with Crippen molar-refractivity contribution in [2.75, 3.05) is 0 Å². The third-order valence-electron chi connectivity index (χ3n) is 3.68. The van der Waals surface area contributed by atoms with Crippen LogP contribution in [0.15, 0.2) is 24.3 Å². The molecule has 1 aliphatic rings. The first-order chi connectivity index (χ1) is 8.24. The van der Waals surface area contributed by atoms with Gasteiger partial charge in [0, 0.05) is 12.1 Å². The summed E-state index contributed by atoms with van der Waals surface area (Å²) < 4.78 is 0. The number of phenolic OH excluding ortho intramolecular Hbond substituents is 1. The number of phenols is 1. The van der Waals surface area contributed by atoms with Gasteiger partial charge in [0.2, 0.25) is 0 Å². The van der Waals surface area contributed by atoms with Gasteiger partial charge in [0.25, 0.3) is 0 Å². The first kappa shape index (κ1) is 12.4. The summed E-state index contributed by atoms with van der Waals surface area (Å²) in [6.07, 6.45) is 7.74. The molecule has 1 atom stereocenters. The Labute approximate surface area is 104 Å². The minimum atomic E-state index is 0.353. The van der Waals surface area contributed by atoms with Crippen LogP contribution in [0.25, 0.3) is 0 Å². The smallest absolute Gasteiger partial charge is 0.115 e. The van der Waals surface area contributed by atoms with Crippen LogP contribution in [0.1, 0.15) is 44.6 Å². The van der Waals surface area contributed by atoms with Gasteiger partial charge in [-0.05, 0) is 50.3 Å². The van der Waals surface area contributed by atoms with E-state index in [9.17, 15) is 5.11 Å². The third kappa shape index (κ3) is 4.04. The largest absolute Gasteiger partial charge is 0.508 e. The average molecular weight is 233 g/mol. The molecule has 1 aromatic carbocycles. The molecule has 1 aromatic rings. The maximum atomic E-state index is 9.21. The molecule has 0 bridgehead atoms. The summed E-state index contributed by atoms with van der Waals surface area (Å²) in [6, 6.07) is 8.90. The molecule has 2 nitrogen and oxygen atoms in total. The van der Waals surface area contributed by atoms with Crippen LogP contribution in [0.2, 0.25) is 0 Å². The van der Waals surface area contributed by atoms with Crippen LogP contribution in [0.5, 0.6) is 5.75 Å². The minimum Gasteiger partial charge on any atom is -0.508 e. The van der Waals surface area contributed by atoms with Crippen molar-refractivity contribution >= 4 is 0 Å². The lowest BCUT2D eigenvalue weighted by Crippen LogP contribution is -2.34. The molecule has 94 valence electrons. The highest BCUT2D eigenvalue weighted by molar-refractivity contribution is 5.25. The lowest BCUT2D eigenvalue weighted by molar-refractivity contribution is 0.431. The average Bonchev–Trinajstić information content (AvgIpc) is 2.81. The van der Waals surface area contributed by atoms with Crippen molar-refractivity contribution in [3.05, 3.63) is 29.8 Å². The van der Waals surface area contributed by atoms with Gasteiger partial charge in [-0.15, -0.1) is 0 Å². The Morgan fingerprint density at radius 1 is 1.24 bits per heavy atom. The van der Waals surface area contributed by atoms with E-state index in [1.165, 1.54) is 37.7 Å². The molecule has 2 N–H and O–H groups in total. The van der Waals surface area contributed by atoms with Crippen LogP contribution < -0.4 is 5.32 Å². The molecule has 1 fully saturated rings. The number of nitrogens with one attached hydrogen (secondary N) is 1. The minimum absolute atomic E-state index is 0.353. The molecular weight excluding hydrogens is 210 g/mol. The van der Waals surface area contributed by atoms with Crippen molar-refractivity contribution in [1.82, 2.24) is 5.32 Å². The van der Waals surface area contributed by atoms with Crippen molar-refractivity contribution in [1.29, 1.82) is 0 Å². The van der Waals surface area contributed by atoms with E-state index < -0.39 is 0 Å². The van der Waals surface area contributed by atoms with Crippen LogP contribution in [-0.4, -0.2) is 17.2 Å². The number of benzene rings is 1. The van der Waals surface area contributed by atoms with Crippen LogP contribution in [0.3, 0.4) is 0 Å². The third-order valence-corrected chi connectivity index (χ3v) is 3.68. The molecule has 0 amide bonds. The van der Waals surface area contributed by atoms with Gasteiger partial charge in [-0.2, -0.15) is 0 Å². The quantitative estimate of drug-likeness (QED) is 0.818. The van der Waals surface area contributed by atoms with E-state index in [1.807, 2.05) is 12.1 Å². The van der Waals surface area contributed by atoms with Crippen molar-refractivity contribution in [3.8, 4) is 5.75 Å². The predicted octanol–water partition coefficient (Wildman–Crippen LogP) is 3.25. The van der Waals surface area contributed by atoms with Gasteiger partial charge in [-0.25, -0.2) is 0 Å². The first-order valence-electron chi connectivity index (χ1n) is 6.78. The van der Waals surface area contributed by atoms with Gasteiger partial charge >= 0.3 is 0 Å². The second-order valence-corrected chi connectivity index (χ2v) is 5.25. The van der Waals surface area contributed by atoms with E-state index >= 15 is 0 Å². The Kier molecular flexibility index (Phi) is 4.43. The van der Waals surface area contributed by atoms with E-state index in [0.29, 0.717) is 11.8 Å². The normalized spacial score (nSPS) is 18.4. The predicted molar refractivity (Wildman–Crippen MR) is 71.3 cm³/mol. The molecule has 0 aliphatic heterocycles. The summed E-state index contributed by atoms with van der Waals surface area (Å²) in [4.78, 5) is 0. The highest BCUT2D eigenvalue weighted by Gasteiger charge is 2.16. The number of aryl methyl sites for hydroxylation is 1. The number of aromatic hydroxyl groups is 1. The molecule has 0 unspecified atom stereocenters. The fourth-order valence-corrected chi connectivity index (χ4v) is 2.62. The fourth-order valence-electron chi connectivity index (χ4n) is 2.62. The Hall–Kier alpha value is -1.02. The Morgan fingerprint density at radius 3 is 2.53 bits per heavy atom. The second-order valence-electron chi connectivity index (χ2n) is 5.25. The summed E-state index contributed by atoms with van der Waals surface area (Å²) >= 11 is 0. The van der Waals surface area contributed by atoms with Gasteiger partial charge in [-0.3, -0.25) is 0 Å². The summed E-state index contributed by atoms with van der Waals surface area (Å²) in [5, 5.41) is 12.9. The van der Waals surface area contributed by atoms with E-state index in [2.05, 4.69) is 12.2 Å². The summed E-state index contributed by atoms with van der Waals surface area (Å²) in [7, 11) is 0. The van der Waals surface area contributed by atoms with Crippen molar-refractivity contribution in [2.45, 2.75) is 57.5 Å². The maximum Gasteiger partial charge on any atom is 0.115 e. The van der Waals surface area contributed by atoms with E-state index in [-0.39, 0.29) is 0 Å². The molecule has 0 aromatic heterocycles. The highest BCUT2D eigenvalue weighted by Crippen LogP contribution is 2.19. The van der Waals surface area contributed by atoms with Gasteiger partial charge in [0.05, 0.1) is 0 Å². The number of hydrogen-bond donors (Lipinski definition) is 2. The molecule has 2 rings (SSSR count). The Bertz CT molecular complexity index is 327. The molecular formula is C15H23NO. The van der Waals surface area contributed by atoms with Crippen LogP contribution in [0.4, 0.5) is 0 Å². The summed E-state index contributed by atoms with van der Waals surface area (Å²) in [5.41, 5.74) is 1.31. The van der Waals surface area contributed by atoms with Gasteiger partial charge in [0.15, 0.2) is 0 Å². The van der Waals surface area contributed by atoms with Crippen LogP contribution >= 0.6 is 0 Å². The van der Waals surface area contributed by atoms with Gasteiger partial charge in [-0.1, -0.05) is 25.0 Å². The molecule has 0 saturated heterocycles. The zero-order valence-corrected chi connectivity index (χ0v) is 10.7. The molecule has 2 heteroatoms. The lowest BCUT2D eigenvalue weighted by atomic mass is 10.1. The zero-order valence-electron chi connectivity index (χ0n) is 10.7. The van der Waals surface area contributed by atoms with Crippen LogP contribution in [-0.2, 0) is 6.42 Å². The SMILES string of the molecule is C[C@@H](CCc1ccc(O)cc1)NC1CCCC1. The van der Waals surface area contributed by atoms with Crippen molar-refractivity contribution < 1.29 is 5.11 Å². The Balaban J connectivity index is 1.71. The topological polar surface area (TPSA) is 32.3 Å². The van der Waals surface area contributed by atoms with Crippen molar-refractivity contribution in [2.24, 2.45) is 0 Å². The van der Waals surface area contributed by atoms with Crippen molar-refractivity contribution in [3.63, 3.8) is 0 Å². The van der Waals surface area contributed by atoms with Gasteiger partial charge < -0.3 is 10.4 Å². The first-order valence-corrected chi connectivity index (χ1v) is 6.78. The fraction of sp³-hybridized carbons (Fsp3) is 0.600. The van der Waals surface area contributed by atoms with Gasteiger partial charge in [0.1, 0.15) is 5.75 Å². The lowest BCUT2D eigenvalue weighted by Gasteiger charge is -2.19.